The molecule has 0 aliphatic carbocycles. The maximum Gasteiger partial charge on any atom is 0.336 e. The molecular weight excluding hydrogens is 522 g/mol. The molecule has 34 heavy (non-hydrogen) atoms. The first-order valence-corrected chi connectivity index (χ1v) is 11.2. The minimum atomic E-state index is -0.561. The molecular formula is C25H19BrClN3O4. The van der Waals surface area contributed by atoms with Crippen molar-refractivity contribution in [2.24, 2.45) is 5.10 Å². The van der Waals surface area contributed by atoms with Gasteiger partial charge in [-0.05, 0) is 48.0 Å². The zero-order valence-electron chi connectivity index (χ0n) is 17.7. The summed E-state index contributed by atoms with van der Waals surface area (Å²) in [5.74, 6) is -1.27. The molecule has 172 valence electrons. The van der Waals surface area contributed by atoms with Gasteiger partial charge in [-0.15, -0.1) is 0 Å². The van der Waals surface area contributed by atoms with Gasteiger partial charge in [-0.2, -0.15) is 5.10 Å². The van der Waals surface area contributed by atoms with Gasteiger partial charge in [0.2, 0.25) is 0 Å². The van der Waals surface area contributed by atoms with Crippen molar-refractivity contribution in [3.05, 3.63) is 105 Å². The van der Waals surface area contributed by atoms with Gasteiger partial charge in [0.1, 0.15) is 5.75 Å². The normalized spacial score (nSPS) is 10.9. The highest BCUT2D eigenvalue weighted by Crippen LogP contribution is 2.22. The molecule has 0 radical (unpaired) electrons. The summed E-state index contributed by atoms with van der Waals surface area (Å²) in [5, 5.41) is 6.78. The van der Waals surface area contributed by atoms with Gasteiger partial charge < -0.3 is 10.1 Å². The third-order valence-corrected chi connectivity index (χ3v) is 5.01. The van der Waals surface area contributed by atoms with Gasteiger partial charge in [-0.1, -0.05) is 63.9 Å². The van der Waals surface area contributed by atoms with Crippen molar-refractivity contribution in [2.45, 2.75) is 0 Å². The first-order valence-electron chi connectivity index (χ1n) is 10.0. The second kappa shape index (κ2) is 12.5. The zero-order valence-corrected chi connectivity index (χ0v) is 20.0. The second-order valence-corrected chi connectivity index (χ2v) is 8.19. The van der Waals surface area contributed by atoms with Crippen molar-refractivity contribution < 1.29 is 19.1 Å². The van der Waals surface area contributed by atoms with Crippen molar-refractivity contribution in [1.82, 2.24) is 10.7 Å². The third-order valence-electron chi connectivity index (χ3n) is 4.28. The molecule has 7 nitrogen and oxygen atoms in total. The minimum Gasteiger partial charge on any atom is -0.423 e. The smallest absolute Gasteiger partial charge is 0.336 e. The summed E-state index contributed by atoms with van der Waals surface area (Å²) in [6, 6.07) is 20.7. The molecule has 0 aromatic heterocycles. The molecule has 2 N–H and O–H groups in total. The van der Waals surface area contributed by atoms with Gasteiger partial charge in [0.25, 0.3) is 11.8 Å². The van der Waals surface area contributed by atoms with E-state index in [9.17, 15) is 14.4 Å². The van der Waals surface area contributed by atoms with Crippen LogP contribution in [0.3, 0.4) is 0 Å². The number of hydrogen-bond acceptors (Lipinski definition) is 5. The van der Waals surface area contributed by atoms with Gasteiger partial charge in [-0.25, -0.2) is 10.2 Å². The van der Waals surface area contributed by atoms with Crippen LogP contribution >= 0.6 is 27.5 Å². The summed E-state index contributed by atoms with van der Waals surface area (Å²) in [5.41, 5.74) is 3.98. The predicted octanol–water partition coefficient (Wildman–Crippen LogP) is 4.60. The van der Waals surface area contributed by atoms with Crippen LogP contribution in [0.2, 0.25) is 5.02 Å². The summed E-state index contributed by atoms with van der Waals surface area (Å²) >= 11 is 9.21. The van der Waals surface area contributed by atoms with Crippen molar-refractivity contribution in [3.8, 4) is 5.75 Å². The Bertz CT molecular complexity index is 1250. The van der Waals surface area contributed by atoms with Gasteiger partial charge in [0.15, 0.2) is 0 Å². The van der Waals surface area contributed by atoms with Crippen LogP contribution in [0, 0.1) is 0 Å². The molecule has 2 amide bonds. The molecule has 0 spiro atoms. The Morgan fingerprint density at radius 3 is 2.56 bits per heavy atom. The SMILES string of the molecule is O=C(CNC(=O)c1cccc(Cl)c1)N/N=C/c1cc(Br)ccc1OC(=O)/C=C/c1ccccc1. The van der Waals surface area contributed by atoms with Gasteiger partial charge >= 0.3 is 5.97 Å². The summed E-state index contributed by atoms with van der Waals surface area (Å²) in [4.78, 5) is 36.3. The number of halogens is 2. The molecule has 0 unspecified atom stereocenters. The van der Waals surface area contributed by atoms with Crippen LogP contribution in [0.15, 0.2) is 88.4 Å². The van der Waals surface area contributed by atoms with E-state index >= 15 is 0 Å². The number of carbonyl (C=O) groups excluding carboxylic acids is 3. The lowest BCUT2D eigenvalue weighted by atomic mass is 10.2. The molecule has 0 saturated heterocycles. The van der Waals surface area contributed by atoms with E-state index in [1.54, 1.807) is 42.5 Å². The van der Waals surface area contributed by atoms with Crippen molar-refractivity contribution in [2.75, 3.05) is 6.54 Å². The largest absolute Gasteiger partial charge is 0.423 e. The number of ether oxygens (including phenoxy) is 1. The summed E-state index contributed by atoms with van der Waals surface area (Å²) in [7, 11) is 0. The average Bonchev–Trinajstić information content (AvgIpc) is 2.83. The Balaban J connectivity index is 1.56. The van der Waals surface area contributed by atoms with Gasteiger partial charge in [0, 0.05) is 26.7 Å². The Morgan fingerprint density at radius 2 is 1.79 bits per heavy atom. The number of nitrogens with one attached hydrogen (secondary N) is 2. The number of benzene rings is 3. The Hall–Kier alpha value is -3.75. The fourth-order valence-electron chi connectivity index (χ4n) is 2.69. The second-order valence-electron chi connectivity index (χ2n) is 6.83. The zero-order chi connectivity index (χ0) is 24.3. The number of esters is 1. The lowest BCUT2D eigenvalue weighted by molar-refractivity contribution is -0.129. The highest BCUT2D eigenvalue weighted by atomic mass is 79.9. The van der Waals surface area contributed by atoms with Crippen LogP contribution < -0.4 is 15.5 Å². The molecule has 3 aromatic rings. The molecule has 0 fully saturated rings. The van der Waals surface area contributed by atoms with E-state index in [1.807, 2.05) is 30.3 Å². The third kappa shape index (κ3) is 7.99. The number of hydrazone groups is 1. The van der Waals surface area contributed by atoms with Crippen molar-refractivity contribution >= 4 is 57.6 Å². The number of hydrogen-bond donors (Lipinski definition) is 2. The fraction of sp³-hybridized carbons (Fsp3) is 0.0400. The maximum absolute atomic E-state index is 12.2. The van der Waals surface area contributed by atoms with Crippen LogP contribution in [-0.2, 0) is 9.59 Å². The predicted molar refractivity (Wildman–Crippen MR) is 135 cm³/mol. The molecule has 0 heterocycles. The van der Waals surface area contributed by atoms with Crippen LogP contribution in [-0.4, -0.2) is 30.5 Å². The molecule has 0 aliphatic rings. The number of amides is 2. The molecule has 3 aromatic carbocycles. The highest BCUT2D eigenvalue weighted by molar-refractivity contribution is 9.10. The molecule has 0 bridgehead atoms. The molecule has 3 rings (SSSR count). The van der Waals surface area contributed by atoms with Crippen LogP contribution in [0.4, 0.5) is 0 Å². The van der Waals surface area contributed by atoms with E-state index in [2.05, 4.69) is 31.8 Å². The Labute approximate surface area is 209 Å². The summed E-state index contributed by atoms with van der Waals surface area (Å²) in [6.07, 6.45) is 4.31. The van der Waals surface area contributed by atoms with Gasteiger partial charge in [0.05, 0.1) is 12.8 Å². The minimum absolute atomic E-state index is 0.262. The first kappa shape index (κ1) is 24.9. The lowest BCUT2D eigenvalue weighted by Gasteiger charge is -2.07. The van der Waals surface area contributed by atoms with E-state index in [0.717, 1.165) is 10.0 Å². The van der Waals surface area contributed by atoms with Crippen LogP contribution in [0.5, 0.6) is 5.75 Å². The monoisotopic (exact) mass is 539 g/mol. The van der Waals surface area contributed by atoms with E-state index in [4.69, 9.17) is 16.3 Å². The molecule has 9 heteroatoms. The average molecular weight is 541 g/mol. The lowest BCUT2D eigenvalue weighted by Crippen LogP contribution is -2.34. The van der Waals surface area contributed by atoms with Crippen molar-refractivity contribution in [3.63, 3.8) is 0 Å². The topological polar surface area (TPSA) is 96.9 Å². The van der Waals surface area contributed by atoms with E-state index in [0.29, 0.717) is 16.1 Å². The number of carbonyl (C=O) groups is 3. The first-order chi connectivity index (χ1) is 16.4. The van der Waals surface area contributed by atoms with Gasteiger partial charge in [-0.3, -0.25) is 9.59 Å². The highest BCUT2D eigenvalue weighted by Gasteiger charge is 2.09. The van der Waals surface area contributed by atoms with Crippen LogP contribution in [0.1, 0.15) is 21.5 Å². The molecule has 0 aliphatic heterocycles. The Morgan fingerprint density at radius 1 is 1.00 bits per heavy atom. The number of rotatable bonds is 8. The molecule has 0 atom stereocenters. The molecule has 0 saturated carbocycles. The number of nitrogens with zero attached hydrogens (tertiary/aromatic N) is 1. The quantitative estimate of drug-likeness (QED) is 0.143. The fourth-order valence-corrected chi connectivity index (χ4v) is 3.26. The van der Waals surface area contributed by atoms with E-state index in [-0.39, 0.29) is 12.3 Å². The van der Waals surface area contributed by atoms with E-state index < -0.39 is 17.8 Å². The van der Waals surface area contributed by atoms with Crippen LogP contribution in [0.25, 0.3) is 6.08 Å². The standard InChI is InChI=1S/C25H19BrClN3O4/c26-20-10-11-22(34-24(32)12-9-17-5-2-1-3-6-17)19(13-20)15-29-30-23(31)16-28-25(33)18-7-4-8-21(27)14-18/h1-15H,16H2,(H,28,33)(H,30,31)/b12-9+,29-15+. The van der Waals surface area contributed by atoms with E-state index in [1.165, 1.54) is 18.4 Å². The Kier molecular flexibility index (Phi) is 9.13. The summed E-state index contributed by atoms with van der Waals surface area (Å²) in [6.45, 7) is -0.284. The van der Waals surface area contributed by atoms with Crippen molar-refractivity contribution in [1.29, 1.82) is 0 Å². The summed E-state index contributed by atoms with van der Waals surface area (Å²) < 4.78 is 6.13. The maximum atomic E-state index is 12.2.